The first-order valence-electron chi connectivity index (χ1n) is 12.2. The zero-order valence-electron chi connectivity index (χ0n) is 20.6. The maximum Gasteiger partial charge on any atom is 0.269 e. The Labute approximate surface area is 211 Å². The van der Waals surface area contributed by atoms with Gasteiger partial charge in [0.15, 0.2) is 0 Å². The highest BCUT2D eigenvalue weighted by Gasteiger charge is 2.40. The van der Waals surface area contributed by atoms with Crippen LogP contribution in [0.5, 0.6) is 0 Å². The second kappa shape index (κ2) is 12.1. The Morgan fingerprint density at radius 3 is 2.39 bits per heavy atom. The molecule has 8 nitrogen and oxygen atoms in total. The molecule has 0 saturated carbocycles. The highest BCUT2D eigenvalue weighted by atomic mass is 32.2. The maximum absolute atomic E-state index is 13.4. The topological polar surface area (TPSA) is 104 Å². The fourth-order valence-electron chi connectivity index (χ4n) is 4.18. The van der Waals surface area contributed by atoms with E-state index in [1.165, 1.54) is 29.2 Å². The van der Waals surface area contributed by atoms with Crippen LogP contribution in [-0.2, 0) is 26.2 Å². The number of nitrogens with zero attached hydrogens (tertiary/aromatic N) is 2. The number of halogens is 1. The maximum atomic E-state index is 13.4. The monoisotopic (exact) mass is 517 g/mol. The van der Waals surface area contributed by atoms with Gasteiger partial charge < -0.3 is 10.2 Å². The van der Waals surface area contributed by atoms with Gasteiger partial charge in [0.1, 0.15) is 16.8 Å². The lowest BCUT2D eigenvalue weighted by molar-refractivity contribution is -0.141. The number of carbonyl (C=O) groups is 3. The first-order chi connectivity index (χ1) is 17.2. The van der Waals surface area contributed by atoms with Gasteiger partial charge in [-0.1, -0.05) is 44.5 Å². The van der Waals surface area contributed by atoms with Gasteiger partial charge in [0, 0.05) is 26.1 Å². The third-order valence-electron chi connectivity index (χ3n) is 6.15. The Morgan fingerprint density at radius 2 is 1.75 bits per heavy atom. The van der Waals surface area contributed by atoms with Crippen molar-refractivity contribution < 1.29 is 27.2 Å². The minimum Gasteiger partial charge on any atom is -0.354 e. The van der Waals surface area contributed by atoms with Crippen molar-refractivity contribution in [3.63, 3.8) is 0 Å². The zero-order valence-corrected chi connectivity index (χ0v) is 21.4. The van der Waals surface area contributed by atoms with Crippen molar-refractivity contribution in [3.8, 4) is 0 Å². The molecule has 1 atom stereocenters. The Hall–Kier alpha value is -3.27. The molecule has 3 amide bonds. The average molecular weight is 518 g/mol. The van der Waals surface area contributed by atoms with Crippen LogP contribution in [0.25, 0.3) is 0 Å². The van der Waals surface area contributed by atoms with Crippen molar-refractivity contribution in [3.05, 3.63) is 65.5 Å². The molecule has 0 radical (unpaired) electrons. The van der Waals surface area contributed by atoms with E-state index in [9.17, 15) is 27.2 Å². The summed E-state index contributed by atoms with van der Waals surface area (Å²) >= 11 is 0. The summed E-state index contributed by atoms with van der Waals surface area (Å²) in [6.07, 6.45) is 2.15. The van der Waals surface area contributed by atoms with Crippen LogP contribution in [0, 0.1) is 5.82 Å². The molecule has 0 bridgehead atoms. The molecule has 0 spiro atoms. The van der Waals surface area contributed by atoms with E-state index in [1.54, 1.807) is 24.3 Å². The lowest BCUT2D eigenvalue weighted by Crippen LogP contribution is -2.49. The number of amides is 3. The van der Waals surface area contributed by atoms with Crippen molar-refractivity contribution in [2.75, 3.05) is 13.1 Å². The van der Waals surface area contributed by atoms with Crippen LogP contribution >= 0.6 is 0 Å². The molecular weight excluding hydrogens is 485 g/mol. The highest BCUT2D eigenvalue weighted by Crippen LogP contribution is 2.30. The first-order valence-corrected chi connectivity index (χ1v) is 13.6. The molecular formula is C26H32FN3O5S. The van der Waals surface area contributed by atoms with Crippen LogP contribution in [0.1, 0.15) is 61.9 Å². The van der Waals surface area contributed by atoms with E-state index >= 15 is 0 Å². The van der Waals surface area contributed by atoms with Crippen LogP contribution < -0.4 is 5.32 Å². The van der Waals surface area contributed by atoms with E-state index in [4.69, 9.17) is 0 Å². The summed E-state index contributed by atoms with van der Waals surface area (Å²) in [5, 5.41) is 2.87. The summed E-state index contributed by atoms with van der Waals surface area (Å²) in [5.41, 5.74) is 0.786. The molecule has 0 fully saturated rings. The zero-order chi connectivity index (χ0) is 26.3. The third-order valence-corrected chi connectivity index (χ3v) is 7.99. The molecule has 10 heteroatoms. The summed E-state index contributed by atoms with van der Waals surface area (Å²) in [5.74, 6) is -1.63. The van der Waals surface area contributed by atoms with Crippen LogP contribution in [0.4, 0.5) is 4.39 Å². The second-order valence-electron chi connectivity index (χ2n) is 8.70. The van der Waals surface area contributed by atoms with Gasteiger partial charge in [-0.2, -0.15) is 0 Å². The predicted octanol–water partition coefficient (Wildman–Crippen LogP) is 3.47. The molecule has 3 rings (SSSR count). The van der Waals surface area contributed by atoms with E-state index < -0.39 is 27.8 Å². The Bertz CT molecular complexity index is 1200. The first kappa shape index (κ1) is 27.3. The van der Waals surface area contributed by atoms with Gasteiger partial charge in [-0.05, 0) is 49.1 Å². The highest BCUT2D eigenvalue weighted by molar-refractivity contribution is 7.90. The molecule has 194 valence electrons. The lowest BCUT2D eigenvalue weighted by Gasteiger charge is -2.31. The van der Waals surface area contributed by atoms with Gasteiger partial charge in [0.2, 0.25) is 11.8 Å². The summed E-state index contributed by atoms with van der Waals surface area (Å²) in [6.45, 7) is 4.27. The van der Waals surface area contributed by atoms with Crippen molar-refractivity contribution in [2.45, 2.75) is 63.4 Å². The van der Waals surface area contributed by atoms with Gasteiger partial charge in [-0.3, -0.25) is 14.4 Å². The van der Waals surface area contributed by atoms with Gasteiger partial charge in [-0.25, -0.2) is 17.1 Å². The minimum absolute atomic E-state index is 0.0333. The summed E-state index contributed by atoms with van der Waals surface area (Å²) in [7, 11) is -3.95. The summed E-state index contributed by atoms with van der Waals surface area (Å²) in [6, 6.07) is 11.0. The molecule has 2 aromatic rings. The number of nitrogens with one attached hydrogen (secondary N) is 1. The van der Waals surface area contributed by atoms with Gasteiger partial charge in [0.25, 0.3) is 15.9 Å². The third kappa shape index (κ3) is 6.10. The summed E-state index contributed by atoms with van der Waals surface area (Å²) in [4.78, 5) is 40.2. The van der Waals surface area contributed by atoms with E-state index in [2.05, 4.69) is 5.32 Å². The molecule has 0 saturated heterocycles. The van der Waals surface area contributed by atoms with Crippen molar-refractivity contribution in [1.29, 1.82) is 0 Å². The number of unbranched alkanes of at least 4 members (excludes halogenated alkanes) is 1. The summed E-state index contributed by atoms with van der Waals surface area (Å²) < 4.78 is 39.7. The van der Waals surface area contributed by atoms with Crippen LogP contribution in [-0.4, -0.2) is 54.5 Å². The molecule has 1 aliphatic rings. The van der Waals surface area contributed by atoms with E-state index in [0.29, 0.717) is 18.5 Å². The molecule has 1 aliphatic heterocycles. The van der Waals surface area contributed by atoms with Crippen molar-refractivity contribution in [1.82, 2.24) is 14.5 Å². The molecule has 36 heavy (non-hydrogen) atoms. The number of rotatable bonds is 12. The van der Waals surface area contributed by atoms with Gasteiger partial charge in [0.05, 0.1) is 5.56 Å². The van der Waals surface area contributed by atoms with E-state index in [-0.39, 0.29) is 48.2 Å². The minimum atomic E-state index is -3.95. The normalized spacial score (nSPS) is 14.9. The number of hydrogen-bond acceptors (Lipinski definition) is 5. The SMILES string of the molecule is CCCCNC(=O)[C@@H](CC)N(Cc1ccc(F)cc1)C(=O)CCCN1C(=O)c2ccccc2S1(=O)=O. The smallest absolute Gasteiger partial charge is 0.269 e. The molecule has 0 unspecified atom stereocenters. The fourth-order valence-corrected chi connectivity index (χ4v) is 5.79. The lowest BCUT2D eigenvalue weighted by atomic mass is 10.1. The Kier molecular flexibility index (Phi) is 9.19. The predicted molar refractivity (Wildman–Crippen MR) is 133 cm³/mol. The molecule has 0 aliphatic carbocycles. The van der Waals surface area contributed by atoms with E-state index in [1.807, 2.05) is 13.8 Å². The molecule has 2 aromatic carbocycles. The number of fused-ring (bicyclic) bond motifs is 1. The largest absolute Gasteiger partial charge is 0.354 e. The average Bonchev–Trinajstić information content (AvgIpc) is 3.05. The van der Waals surface area contributed by atoms with Crippen LogP contribution in [0.15, 0.2) is 53.4 Å². The second-order valence-corrected chi connectivity index (χ2v) is 10.5. The molecule has 1 heterocycles. The molecule has 1 N–H and O–H groups in total. The number of benzene rings is 2. The Morgan fingerprint density at radius 1 is 1.06 bits per heavy atom. The number of sulfonamides is 1. The van der Waals surface area contributed by atoms with Gasteiger partial charge >= 0.3 is 0 Å². The molecule has 0 aromatic heterocycles. The van der Waals surface area contributed by atoms with Crippen molar-refractivity contribution >= 4 is 27.7 Å². The standard InChI is InChI=1S/C26H32FN3O5S/c1-3-5-16-28-25(32)22(4-2)29(18-19-12-14-20(27)15-13-19)24(31)11-8-17-30-26(33)21-9-6-7-10-23(21)36(30,34)35/h6-7,9-10,12-15,22H,3-5,8,11,16-18H2,1-2H3,(H,28,32)/t22-/m1/s1. The van der Waals surface area contributed by atoms with Crippen LogP contribution in [0.2, 0.25) is 0 Å². The number of hydrogen-bond donors (Lipinski definition) is 1. The van der Waals surface area contributed by atoms with E-state index in [0.717, 1.165) is 17.1 Å². The number of carbonyl (C=O) groups excluding carboxylic acids is 3. The van der Waals surface area contributed by atoms with Crippen LogP contribution in [0.3, 0.4) is 0 Å². The quantitative estimate of drug-likeness (QED) is 0.434. The van der Waals surface area contributed by atoms with Gasteiger partial charge in [-0.15, -0.1) is 0 Å². The van der Waals surface area contributed by atoms with Crippen molar-refractivity contribution in [2.24, 2.45) is 0 Å². The fraction of sp³-hybridized carbons (Fsp3) is 0.423. The Balaban J connectivity index is 1.72.